The molecular formula is C7H16N2O3. The van der Waals surface area contributed by atoms with Gasteiger partial charge in [0.2, 0.25) is 0 Å². The van der Waals surface area contributed by atoms with Crippen LogP contribution in [0.3, 0.4) is 0 Å². The number of nitrogens with one attached hydrogen (secondary N) is 1. The minimum atomic E-state index is -0.744. The van der Waals surface area contributed by atoms with Crippen LogP contribution >= 0.6 is 0 Å². The number of aliphatic hydroxyl groups is 1. The van der Waals surface area contributed by atoms with Crippen LogP contribution in [0.1, 0.15) is 13.8 Å². The van der Waals surface area contributed by atoms with Crippen LogP contribution in [0.25, 0.3) is 0 Å². The highest BCUT2D eigenvalue weighted by Gasteiger charge is 2.19. The first-order chi connectivity index (χ1) is 5.39. The van der Waals surface area contributed by atoms with Crippen LogP contribution in [0.4, 0.5) is 4.79 Å². The lowest BCUT2D eigenvalue weighted by Gasteiger charge is -2.23. The van der Waals surface area contributed by atoms with Crippen molar-refractivity contribution in [2.24, 2.45) is 0 Å². The molecule has 0 atom stereocenters. The van der Waals surface area contributed by atoms with Crippen LogP contribution < -0.4 is 5.48 Å². The fourth-order valence-corrected chi connectivity index (χ4v) is 0.305. The predicted octanol–water partition coefficient (Wildman–Crippen LogP) is -0.0399. The van der Waals surface area contributed by atoms with Gasteiger partial charge < -0.3 is 10.0 Å². The minimum Gasteiger partial charge on any atom is -0.393 e. The molecule has 0 aliphatic heterocycles. The maximum Gasteiger partial charge on any atom is 0.340 e. The van der Waals surface area contributed by atoms with E-state index in [1.807, 2.05) is 0 Å². The van der Waals surface area contributed by atoms with Crippen molar-refractivity contribution in [1.29, 1.82) is 0 Å². The highest BCUT2D eigenvalue weighted by Crippen LogP contribution is 2.04. The number of carbonyl (C=O) groups is 1. The third kappa shape index (κ3) is 4.15. The van der Waals surface area contributed by atoms with Crippen molar-refractivity contribution in [3.63, 3.8) is 0 Å². The molecule has 5 heteroatoms. The number of rotatable bonds is 3. The van der Waals surface area contributed by atoms with Crippen molar-refractivity contribution in [1.82, 2.24) is 10.4 Å². The van der Waals surface area contributed by atoms with Gasteiger partial charge in [-0.05, 0) is 13.8 Å². The molecule has 0 aliphatic rings. The van der Waals surface area contributed by atoms with Crippen LogP contribution in [-0.4, -0.2) is 42.3 Å². The first-order valence-electron chi connectivity index (χ1n) is 3.65. The fourth-order valence-electron chi connectivity index (χ4n) is 0.305. The molecule has 0 aromatic rings. The molecule has 0 radical (unpaired) electrons. The van der Waals surface area contributed by atoms with Crippen LogP contribution in [0.15, 0.2) is 0 Å². The van der Waals surface area contributed by atoms with Gasteiger partial charge in [-0.2, -0.15) is 0 Å². The Balaban J connectivity index is 3.76. The molecule has 0 saturated heterocycles. The molecule has 12 heavy (non-hydrogen) atoms. The van der Waals surface area contributed by atoms with E-state index in [0.29, 0.717) is 0 Å². The van der Waals surface area contributed by atoms with Crippen molar-refractivity contribution < 1.29 is 14.7 Å². The Morgan fingerprint density at radius 3 is 2.42 bits per heavy atom. The van der Waals surface area contributed by atoms with Gasteiger partial charge in [0.05, 0.1) is 6.61 Å². The molecule has 0 spiro atoms. The van der Waals surface area contributed by atoms with Gasteiger partial charge in [-0.3, -0.25) is 4.84 Å². The Kier molecular flexibility index (Phi) is 3.99. The largest absolute Gasteiger partial charge is 0.393 e. The zero-order valence-corrected chi connectivity index (χ0v) is 7.92. The second kappa shape index (κ2) is 4.27. The summed E-state index contributed by atoms with van der Waals surface area (Å²) in [4.78, 5) is 17.2. The summed E-state index contributed by atoms with van der Waals surface area (Å²) >= 11 is 0. The zero-order valence-electron chi connectivity index (χ0n) is 7.92. The first kappa shape index (κ1) is 11.2. The van der Waals surface area contributed by atoms with E-state index in [2.05, 4.69) is 5.48 Å². The molecule has 0 aliphatic carbocycles. The van der Waals surface area contributed by atoms with Crippen LogP contribution in [-0.2, 0) is 4.84 Å². The Bertz CT molecular complexity index is 157. The third-order valence-corrected chi connectivity index (χ3v) is 1.20. The monoisotopic (exact) mass is 176 g/mol. The lowest BCUT2D eigenvalue weighted by atomic mass is 10.2. The van der Waals surface area contributed by atoms with E-state index in [9.17, 15) is 4.79 Å². The summed E-state index contributed by atoms with van der Waals surface area (Å²) in [5.74, 6) is 0. The fraction of sp³-hybridized carbons (Fsp3) is 0.857. The predicted molar refractivity (Wildman–Crippen MR) is 44.5 cm³/mol. The van der Waals surface area contributed by atoms with Gasteiger partial charge in [0, 0.05) is 14.1 Å². The normalized spacial score (nSPS) is 11.1. The smallest absolute Gasteiger partial charge is 0.340 e. The number of aliphatic hydroxyl groups excluding tert-OH is 1. The van der Waals surface area contributed by atoms with Crippen molar-refractivity contribution in [3.05, 3.63) is 0 Å². The number of carbonyl (C=O) groups excluding carboxylic acids is 1. The lowest BCUT2D eigenvalue weighted by Crippen LogP contribution is -2.42. The van der Waals surface area contributed by atoms with E-state index in [1.165, 1.54) is 4.90 Å². The topological polar surface area (TPSA) is 61.8 Å². The Morgan fingerprint density at radius 1 is 1.58 bits per heavy atom. The van der Waals surface area contributed by atoms with Crippen molar-refractivity contribution in [2.75, 3.05) is 20.7 Å². The van der Waals surface area contributed by atoms with Gasteiger partial charge >= 0.3 is 6.03 Å². The molecule has 0 heterocycles. The molecule has 0 saturated carbocycles. The van der Waals surface area contributed by atoms with Crippen molar-refractivity contribution >= 4 is 6.03 Å². The van der Waals surface area contributed by atoms with E-state index >= 15 is 0 Å². The second-order valence-electron chi connectivity index (χ2n) is 3.32. The molecule has 0 fully saturated rings. The Hall–Kier alpha value is -0.810. The Labute approximate surface area is 72.3 Å². The van der Waals surface area contributed by atoms with E-state index in [4.69, 9.17) is 9.94 Å². The highest BCUT2D eigenvalue weighted by molar-refractivity contribution is 5.72. The number of nitrogens with zero attached hydrogens (tertiary/aromatic N) is 1. The van der Waals surface area contributed by atoms with Gasteiger partial charge in [0.15, 0.2) is 0 Å². The van der Waals surface area contributed by atoms with Gasteiger partial charge in [-0.1, -0.05) is 0 Å². The number of hydroxylamine groups is 1. The average molecular weight is 176 g/mol. The Morgan fingerprint density at radius 2 is 2.08 bits per heavy atom. The van der Waals surface area contributed by atoms with Gasteiger partial charge in [-0.25, -0.2) is 10.3 Å². The van der Waals surface area contributed by atoms with E-state index < -0.39 is 5.60 Å². The second-order valence-corrected chi connectivity index (χ2v) is 3.32. The highest BCUT2D eigenvalue weighted by atomic mass is 16.7. The maximum absolute atomic E-state index is 10.9. The first-order valence-corrected chi connectivity index (χ1v) is 3.65. The van der Waals surface area contributed by atoms with Gasteiger partial charge in [-0.15, -0.1) is 0 Å². The van der Waals surface area contributed by atoms with Crippen LogP contribution in [0, 0.1) is 0 Å². The SMILES string of the molecule is CN(C)C(=O)NOC(C)(C)CO. The quantitative estimate of drug-likeness (QED) is 0.593. The van der Waals surface area contributed by atoms with E-state index in [0.717, 1.165) is 0 Å². The number of hydrogen-bond acceptors (Lipinski definition) is 3. The maximum atomic E-state index is 10.9. The number of amides is 2. The van der Waals surface area contributed by atoms with Crippen LogP contribution in [0.5, 0.6) is 0 Å². The molecule has 2 amide bonds. The molecule has 72 valence electrons. The summed E-state index contributed by atoms with van der Waals surface area (Å²) in [6, 6.07) is -0.350. The summed E-state index contributed by atoms with van der Waals surface area (Å²) in [5, 5.41) is 8.76. The third-order valence-electron chi connectivity index (χ3n) is 1.20. The van der Waals surface area contributed by atoms with Crippen LogP contribution in [0.2, 0.25) is 0 Å². The molecule has 5 nitrogen and oxygen atoms in total. The zero-order chi connectivity index (χ0) is 9.78. The molecule has 0 bridgehead atoms. The summed E-state index contributed by atoms with van der Waals surface area (Å²) in [5.41, 5.74) is 1.46. The minimum absolute atomic E-state index is 0.152. The summed E-state index contributed by atoms with van der Waals surface area (Å²) < 4.78 is 0. The van der Waals surface area contributed by atoms with Gasteiger partial charge in [0.1, 0.15) is 5.60 Å². The lowest BCUT2D eigenvalue weighted by molar-refractivity contribution is -0.0950. The van der Waals surface area contributed by atoms with E-state index in [1.54, 1.807) is 27.9 Å². The molecule has 0 unspecified atom stereocenters. The molecule has 2 N–H and O–H groups in total. The average Bonchev–Trinajstić information content (AvgIpc) is 2.00. The summed E-state index contributed by atoms with van der Waals surface area (Å²) in [7, 11) is 3.20. The van der Waals surface area contributed by atoms with Crippen molar-refractivity contribution in [2.45, 2.75) is 19.4 Å². The summed E-state index contributed by atoms with van der Waals surface area (Å²) in [6.45, 7) is 3.19. The number of urea groups is 1. The molecule has 0 aromatic heterocycles. The van der Waals surface area contributed by atoms with Gasteiger partial charge in [0.25, 0.3) is 0 Å². The van der Waals surface area contributed by atoms with Crippen molar-refractivity contribution in [3.8, 4) is 0 Å². The molecular weight excluding hydrogens is 160 g/mol. The number of hydrogen-bond donors (Lipinski definition) is 2. The summed E-state index contributed by atoms with van der Waals surface area (Å²) in [6.07, 6.45) is 0. The van der Waals surface area contributed by atoms with E-state index in [-0.39, 0.29) is 12.6 Å². The standard InChI is InChI=1S/C7H16N2O3/c1-7(2,5-10)12-8-6(11)9(3)4/h10H,5H2,1-4H3,(H,8,11). The molecule has 0 aromatic carbocycles. The molecule has 0 rings (SSSR count).